The van der Waals surface area contributed by atoms with E-state index in [0.29, 0.717) is 19.5 Å². The monoisotopic (exact) mass is 345 g/mol. The molecule has 1 aliphatic heterocycles. The molecule has 24 heavy (non-hydrogen) atoms. The number of sulfonamides is 1. The molecule has 0 radical (unpaired) electrons. The van der Waals surface area contributed by atoms with Gasteiger partial charge in [-0.1, -0.05) is 30.3 Å². The lowest BCUT2D eigenvalue weighted by atomic mass is 10.2. The van der Waals surface area contributed by atoms with E-state index in [2.05, 4.69) is 10.0 Å². The van der Waals surface area contributed by atoms with Crippen molar-refractivity contribution in [1.29, 1.82) is 0 Å². The average molecular weight is 345 g/mol. The van der Waals surface area contributed by atoms with Gasteiger partial charge < -0.3 is 10.2 Å². The summed E-state index contributed by atoms with van der Waals surface area (Å²) in [7, 11) is -3.52. The average Bonchev–Trinajstić information content (AvgIpc) is 2.74. The molecule has 3 rings (SSSR count). The molecule has 2 N–H and O–H groups in total. The molecule has 0 aromatic heterocycles. The summed E-state index contributed by atoms with van der Waals surface area (Å²) in [6.45, 7) is 1.30. The minimum Gasteiger partial charge on any atom is -0.368 e. The van der Waals surface area contributed by atoms with Crippen LogP contribution in [0.25, 0.3) is 0 Å². The highest BCUT2D eigenvalue weighted by atomic mass is 32.2. The molecule has 1 amide bonds. The fourth-order valence-corrected chi connectivity index (χ4v) is 3.70. The Labute approximate surface area is 141 Å². The van der Waals surface area contributed by atoms with E-state index < -0.39 is 10.0 Å². The van der Waals surface area contributed by atoms with Crippen molar-refractivity contribution in [3.8, 4) is 0 Å². The highest BCUT2D eigenvalue weighted by molar-refractivity contribution is 7.89. The highest BCUT2D eigenvalue weighted by Gasteiger charge is 2.19. The van der Waals surface area contributed by atoms with Crippen molar-refractivity contribution in [2.45, 2.75) is 11.3 Å². The quantitative estimate of drug-likeness (QED) is 0.866. The second-order valence-electron chi connectivity index (χ2n) is 5.51. The Morgan fingerprint density at radius 3 is 2.54 bits per heavy atom. The van der Waals surface area contributed by atoms with E-state index in [1.807, 2.05) is 29.2 Å². The Kier molecular flexibility index (Phi) is 4.82. The summed E-state index contributed by atoms with van der Waals surface area (Å²) in [4.78, 5) is 14.0. The van der Waals surface area contributed by atoms with E-state index in [0.717, 1.165) is 11.4 Å². The SMILES string of the molecule is O=C1CCN(CCNS(=O)(=O)c2ccccc2)c2ccccc2N1. The maximum absolute atomic E-state index is 12.2. The smallest absolute Gasteiger partial charge is 0.240 e. The Hall–Kier alpha value is -2.38. The van der Waals surface area contributed by atoms with Crippen LogP contribution >= 0.6 is 0 Å². The van der Waals surface area contributed by atoms with Gasteiger partial charge in [-0.3, -0.25) is 4.79 Å². The molecule has 0 atom stereocenters. The second kappa shape index (κ2) is 7.02. The molecule has 0 aliphatic carbocycles. The molecule has 1 heterocycles. The first kappa shape index (κ1) is 16.5. The van der Waals surface area contributed by atoms with E-state index >= 15 is 0 Å². The van der Waals surface area contributed by atoms with Gasteiger partial charge in [0.15, 0.2) is 0 Å². The zero-order valence-electron chi connectivity index (χ0n) is 13.1. The number of carbonyl (C=O) groups excluding carboxylic acids is 1. The van der Waals surface area contributed by atoms with Gasteiger partial charge >= 0.3 is 0 Å². The van der Waals surface area contributed by atoms with E-state index in [-0.39, 0.29) is 17.3 Å². The number of fused-ring (bicyclic) bond motifs is 1. The molecule has 2 aromatic carbocycles. The van der Waals surface area contributed by atoms with E-state index in [1.165, 1.54) is 0 Å². The van der Waals surface area contributed by atoms with Crippen LogP contribution in [0.4, 0.5) is 11.4 Å². The van der Waals surface area contributed by atoms with Crippen LogP contribution in [0.3, 0.4) is 0 Å². The number of carbonyl (C=O) groups is 1. The lowest BCUT2D eigenvalue weighted by Gasteiger charge is -2.24. The number of hydrogen-bond donors (Lipinski definition) is 2. The number of nitrogens with one attached hydrogen (secondary N) is 2. The lowest BCUT2D eigenvalue weighted by molar-refractivity contribution is -0.115. The predicted molar refractivity (Wildman–Crippen MR) is 93.5 cm³/mol. The fraction of sp³-hybridized carbons (Fsp3) is 0.235. The van der Waals surface area contributed by atoms with Crippen molar-refractivity contribution in [2.24, 2.45) is 0 Å². The third kappa shape index (κ3) is 3.74. The van der Waals surface area contributed by atoms with Crippen molar-refractivity contribution in [2.75, 3.05) is 29.9 Å². The first-order chi connectivity index (χ1) is 11.6. The summed E-state index contributed by atoms with van der Waals surface area (Å²) >= 11 is 0. The van der Waals surface area contributed by atoms with E-state index in [4.69, 9.17) is 0 Å². The standard InChI is InChI=1S/C17H19N3O3S/c21-17-10-12-20(16-9-5-4-8-15(16)19-17)13-11-18-24(22,23)14-6-2-1-3-7-14/h1-9,18H,10-13H2,(H,19,21). The first-order valence-corrected chi connectivity index (χ1v) is 9.23. The highest BCUT2D eigenvalue weighted by Crippen LogP contribution is 2.27. The number of amides is 1. The zero-order chi connectivity index (χ0) is 17.0. The van der Waals surface area contributed by atoms with Crippen molar-refractivity contribution in [3.63, 3.8) is 0 Å². The number of anilines is 2. The van der Waals surface area contributed by atoms with Crippen LogP contribution in [0.5, 0.6) is 0 Å². The zero-order valence-corrected chi connectivity index (χ0v) is 13.9. The molecule has 0 unspecified atom stereocenters. The largest absolute Gasteiger partial charge is 0.368 e. The van der Waals surface area contributed by atoms with E-state index in [9.17, 15) is 13.2 Å². The Balaban J connectivity index is 1.68. The van der Waals surface area contributed by atoms with Gasteiger partial charge in [0.2, 0.25) is 15.9 Å². The van der Waals surface area contributed by atoms with Crippen LogP contribution in [0.1, 0.15) is 6.42 Å². The van der Waals surface area contributed by atoms with Crippen LogP contribution in [0.15, 0.2) is 59.5 Å². The Morgan fingerprint density at radius 2 is 1.75 bits per heavy atom. The molecular formula is C17H19N3O3S. The molecule has 2 aromatic rings. The summed E-state index contributed by atoms with van der Waals surface area (Å²) in [6.07, 6.45) is 0.375. The number of nitrogens with zero attached hydrogens (tertiary/aromatic N) is 1. The van der Waals surface area contributed by atoms with Crippen LogP contribution in [0.2, 0.25) is 0 Å². The molecule has 7 heteroatoms. The summed E-state index contributed by atoms with van der Waals surface area (Å²) in [6, 6.07) is 15.8. The Morgan fingerprint density at radius 1 is 1.04 bits per heavy atom. The van der Waals surface area contributed by atoms with Crippen molar-refractivity contribution >= 4 is 27.3 Å². The molecular weight excluding hydrogens is 326 g/mol. The van der Waals surface area contributed by atoms with Gasteiger partial charge in [0.25, 0.3) is 0 Å². The maximum atomic E-state index is 12.2. The summed E-state index contributed by atoms with van der Waals surface area (Å²) < 4.78 is 27.1. The number of rotatable bonds is 5. The third-order valence-electron chi connectivity index (χ3n) is 3.85. The summed E-state index contributed by atoms with van der Waals surface area (Å²) in [5.41, 5.74) is 1.66. The van der Waals surface area contributed by atoms with Gasteiger partial charge in [0, 0.05) is 26.1 Å². The Bertz CT molecular complexity index is 822. The van der Waals surface area contributed by atoms with Crippen molar-refractivity contribution < 1.29 is 13.2 Å². The molecule has 1 aliphatic rings. The molecule has 0 saturated carbocycles. The number of benzene rings is 2. The van der Waals surface area contributed by atoms with Gasteiger partial charge in [0.05, 0.1) is 16.3 Å². The fourth-order valence-electron chi connectivity index (χ4n) is 2.65. The molecule has 0 bridgehead atoms. The molecule has 0 fully saturated rings. The molecule has 0 saturated heterocycles. The van der Waals surface area contributed by atoms with Gasteiger partial charge in [-0.2, -0.15) is 0 Å². The normalized spacial score (nSPS) is 14.7. The predicted octanol–water partition coefficient (Wildman–Crippen LogP) is 1.81. The topological polar surface area (TPSA) is 78.5 Å². The van der Waals surface area contributed by atoms with Crippen molar-refractivity contribution in [3.05, 3.63) is 54.6 Å². The third-order valence-corrected chi connectivity index (χ3v) is 5.33. The number of para-hydroxylation sites is 2. The van der Waals surface area contributed by atoms with Crippen LogP contribution in [-0.2, 0) is 14.8 Å². The maximum Gasteiger partial charge on any atom is 0.240 e. The van der Waals surface area contributed by atoms with E-state index in [1.54, 1.807) is 30.3 Å². The summed E-state index contributed by atoms with van der Waals surface area (Å²) in [5.74, 6) is -0.0326. The van der Waals surface area contributed by atoms with Gasteiger partial charge in [-0.15, -0.1) is 0 Å². The minimum absolute atomic E-state index is 0.0326. The lowest BCUT2D eigenvalue weighted by Crippen LogP contribution is -2.35. The van der Waals surface area contributed by atoms with Crippen LogP contribution < -0.4 is 14.9 Å². The minimum atomic E-state index is -3.52. The second-order valence-corrected chi connectivity index (χ2v) is 7.28. The molecule has 0 spiro atoms. The van der Waals surface area contributed by atoms with Crippen LogP contribution in [0, 0.1) is 0 Å². The van der Waals surface area contributed by atoms with Gasteiger partial charge in [-0.05, 0) is 24.3 Å². The number of hydrogen-bond acceptors (Lipinski definition) is 4. The van der Waals surface area contributed by atoms with Gasteiger partial charge in [-0.25, -0.2) is 13.1 Å². The first-order valence-electron chi connectivity index (χ1n) is 7.75. The summed E-state index contributed by atoms with van der Waals surface area (Å²) in [5, 5.41) is 2.87. The van der Waals surface area contributed by atoms with Crippen molar-refractivity contribution in [1.82, 2.24) is 4.72 Å². The van der Waals surface area contributed by atoms with Gasteiger partial charge in [0.1, 0.15) is 0 Å². The van der Waals surface area contributed by atoms with Crippen LogP contribution in [-0.4, -0.2) is 34.0 Å². The molecule has 6 nitrogen and oxygen atoms in total. The molecule has 126 valence electrons.